The Balaban J connectivity index is 1.15. The number of hydrogen-bond acceptors (Lipinski definition) is 1. The second-order valence-corrected chi connectivity index (χ2v) is 22.5. The summed E-state index contributed by atoms with van der Waals surface area (Å²) in [4.78, 5) is 2.47. The average molecular weight is 753 g/mol. The van der Waals surface area contributed by atoms with E-state index in [0.29, 0.717) is 0 Å². The van der Waals surface area contributed by atoms with Crippen LogP contribution in [0.4, 0.5) is 17.1 Å². The van der Waals surface area contributed by atoms with Gasteiger partial charge in [0.15, 0.2) is 0 Å². The molecule has 0 N–H and O–H groups in total. The molecule has 0 fully saturated rings. The second kappa shape index (κ2) is 13.2. The maximum absolute atomic E-state index is 2.53. The molecule has 3 heteroatoms. The maximum atomic E-state index is 2.53. The Kier molecular flexibility index (Phi) is 8.18. The number of para-hydroxylation sites is 2. The number of rotatable bonds is 7. The SMILES string of the molecule is Cn1c2ccccc2c2ccc(C(c3ccccc3)c3ccc4c(c3)C(C)(C)c3cc(N(c5ccccc5)c5ccc([Si](C)(C)C)cc5)c5ccccc5c3-4)cc21. The third kappa shape index (κ3) is 5.67. The van der Waals surface area contributed by atoms with Gasteiger partial charge in [-0.2, -0.15) is 0 Å². The van der Waals surface area contributed by atoms with E-state index in [4.69, 9.17) is 0 Å². The van der Waals surface area contributed by atoms with Crippen molar-refractivity contribution in [1.82, 2.24) is 4.57 Å². The van der Waals surface area contributed by atoms with Crippen molar-refractivity contribution in [3.05, 3.63) is 204 Å². The van der Waals surface area contributed by atoms with Crippen molar-refractivity contribution < 1.29 is 0 Å². The highest BCUT2D eigenvalue weighted by atomic mass is 28.3. The van der Waals surface area contributed by atoms with Crippen molar-refractivity contribution in [2.24, 2.45) is 7.05 Å². The van der Waals surface area contributed by atoms with E-state index in [1.165, 1.54) is 88.1 Å². The van der Waals surface area contributed by atoms with Gasteiger partial charge in [0.1, 0.15) is 0 Å². The summed E-state index contributed by atoms with van der Waals surface area (Å²) in [6.07, 6.45) is 0. The van der Waals surface area contributed by atoms with E-state index >= 15 is 0 Å². The fraction of sp³-hybridized carbons (Fsp3) is 0.148. The Bertz CT molecular complexity index is 2970. The molecule has 0 bridgehead atoms. The minimum absolute atomic E-state index is 0.0819. The molecular formula is C54H48N2Si. The van der Waals surface area contributed by atoms with Crippen LogP contribution in [0.3, 0.4) is 0 Å². The molecule has 57 heavy (non-hydrogen) atoms. The number of aromatic nitrogens is 1. The van der Waals surface area contributed by atoms with E-state index in [1.54, 1.807) is 0 Å². The van der Waals surface area contributed by atoms with Crippen LogP contribution in [-0.2, 0) is 12.5 Å². The van der Waals surface area contributed by atoms with E-state index in [1.807, 2.05) is 0 Å². The predicted molar refractivity (Wildman–Crippen MR) is 247 cm³/mol. The largest absolute Gasteiger partial charge is 0.344 e. The Hall–Kier alpha value is -6.16. The lowest BCUT2D eigenvalue weighted by Gasteiger charge is -2.30. The summed E-state index contributed by atoms with van der Waals surface area (Å²) in [6, 6.07) is 66.0. The molecule has 2 nitrogen and oxygen atoms in total. The zero-order valence-corrected chi connectivity index (χ0v) is 34.7. The molecule has 1 heterocycles. The van der Waals surface area contributed by atoms with Gasteiger partial charge in [0.2, 0.25) is 0 Å². The fourth-order valence-electron chi connectivity index (χ4n) is 9.64. The lowest BCUT2D eigenvalue weighted by atomic mass is 9.78. The molecule has 1 unspecified atom stereocenters. The molecule has 0 saturated carbocycles. The van der Waals surface area contributed by atoms with Crippen LogP contribution < -0.4 is 10.1 Å². The van der Waals surface area contributed by atoms with Gasteiger partial charge in [-0.1, -0.05) is 172 Å². The highest BCUT2D eigenvalue weighted by Crippen LogP contribution is 2.55. The highest BCUT2D eigenvalue weighted by Gasteiger charge is 2.39. The summed E-state index contributed by atoms with van der Waals surface area (Å²) >= 11 is 0. The number of fused-ring (bicyclic) bond motifs is 8. The molecule has 1 atom stereocenters. The molecule has 1 aliphatic rings. The molecule has 1 aliphatic carbocycles. The number of nitrogens with zero attached hydrogens (tertiary/aromatic N) is 2. The number of aryl methyl sites for hydroxylation is 1. The molecule has 278 valence electrons. The van der Waals surface area contributed by atoms with Gasteiger partial charge in [0, 0.05) is 56.9 Å². The van der Waals surface area contributed by atoms with Crippen molar-refractivity contribution in [2.45, 2.75) is 44.8 Å². The molecule has 9 aromatic rings. The summed E-state index contributed by atoms with van der Waals surface area (Å²) in [5.41, 5.74) is 15.2. The molecule has 0 amide bonds. The van der Waals surface area contributed by atoms with E-state index in [9.17, 15) is 0 Å². The Morgan fingerprint density at radius 3 is 1.79 bits per heavy atom. The van der Waals surface area contributed by atoms with Gasteiger partial charge >= 0.3 is 0 Å². The fourth-order valence-corrected chi connectivity index (χ4v) is 10.8. The Labute approximate surface area is 337 Å². The minimum atomic E-state index is -1.46. The van der Waals surface area contributed by atoms with Gasteiger partial charge in [-0.05, 0) is 86.8 Å². The maximum Gasteiger partial charge on any atom is 0.0775 e. The summed E-state index contributed by atoms with van der Waals surface area (Å²) in [5, 5.41) is 6.62. The van der Waals surface area contributed by atoms with E-state index in [-0.39, 0.29) is 11.3 Å². The van der Waals surface area contributed by atoms with Gasteiger partial charge in [-0.3, -0.25) is 0 Å². The summed E-state index contributed by atoms with van der Waals surface area (Å²) in [7, 11) is 0.735. The first-order chi connectivity index (χ1) is 27.6. The highest BCUT2D eigenvalue weighted by molar-refractivity contribution is 6.88. The van der Waals surface area contributed by atoms with Gasteiger partial charge in [-0.15, -0.1) is 0 Å². The van der Waals surface area contributed by atoms with Crippen LogP contribution in [0.1, 0.15) is 47.6 Å². The first kappa shape index (κ1) is 35.3. The van der Waals surface area contributed by atoms with Crippen molar-refractivity contribution in [3.63, 3.8) is 0 Å². The van der Waals surface area contributed by atoms with E-state index in [0.717, 1.165) is 5.69 Å². The monoisotopic (exact) mass is 752 g/mol. The summed E-state index contributed by atoms with van der Waals surface area (Å²) in [5.74, 6) is 0.0819. The number of hydrogen-bond donors (Lipinski definition) is 0. The molecule has 8 aromatic carbocycles. The van der Waals surface area contributed by atoms with Crippen LogP contribution in [0, 0.1) is 0 Å². The van der Waals surface area contributed by atoms with Gasteiger partial charge in [0.25, 0.3) is 0 Å². The van der Waals surface area contributed by atoms with Crippen molar-refractivity contribution >= 4 is 62.9 Å². The molecule has 10 rings (SSSR count). The molecular weight excluding hydrogens is 705 g/mol. The predicted octanol–water partition coefficient (Wildman–Crippen LogP) is 14.0. The standard InChI is InChI=1S/C54H48N2Si/c1-54(2)47-33-37(52(36-17-9-7-10-18-36)38-25-31-44-42-21-15-16-24-49(42)55(3)50(44)34-38)26-32-46(47)53-45-23-14-13-22-43(45)51(35-48(53)54)56(39-19-11-8-12-20-39)40-27-29-41(30-28-40)57(4,5)6/h7-35,52H,1-6H3. The van der Waals surface area contributed by atoms with Gasteiger partial charge in [0.05, 0.1) is 13.8 Å². The lowest BCUT2D eigenvalue weighted by molar-refractivity contribution is 0.659. The first-order valence-corrected chi connectivity index (χ1v) is 23.8. The van der Waals surface area contributed by atoms with Gasteiger partial charge in [-0.25, -0.2) is 0 Å². The minimum Gasteiger partial charge on any atom is -0.344 e. The molecule has 1 aromatic heterocycles. The summed E-state index contributed by atoms with van der Waals surface area (Å²) < 4.78 is 2.35. The smallest absolute Gasteiger partial charge is 0.0775 e. The normalized spacial score (nSPS) is 13.9. The first-order valence-electron chi connectivity index (χ1n) is 20.3. The van der Waals surface area contributed by atoms with Crippen LogP contribution in [0.15, 0.2) is 176 Å². The Morgan fingerprint density at radius 2 is 1.07 bits per heavy atom. The van der Waals surface area contributed by atoms with Crippen LogP contribution in [0.25, 0.3) is 43.7 Å². The quantitative estimate of drug-likeness (QED) is 0.116. The zero-order chi connectivity index (χ0) is 39.1. The van der Waals surface area contributed by atoms with Crippen molar-refractivity contribution in [3.8, 4) is 11.1 Å². The lowest BCUT2D eigenvalue weighted by Crippen LogP contribution is -2.37. The van der Waals surface area contributed by atoms with Crippen LogP contribution in [0.5, 0.6) is 0 Å². The van der Waals surface area contributed by atoms with Crippen LogP contribution >= 0.6 is 0 Å². The van der Waals surface area contributed by atoms with E-state index < -0.39 is 8.07 Å². The molecule has 0 radical (unpaired) electrons. The third-order valence-corrected chi connectivity index (χ3v) is 14.7. The molecule has 0 aliphatic heterocycles. The summed E-state index contributed by atoms with van der Waals surface area (Å²) in [6.45, 7) is 12.1. The average Bonchev–Trinajstić information content (AvgIpc) is 3.64. The number of benzene rings is 8. The third-order valence-electron chi connectivity index (χ3n) is 12.7. The zero-order valence-electron chi connectivity index (χ0n) is 33.7. The topological polar surface area (TPSA) is 8.17 Å². The molecule has 0 saturated heterocycles. The second-order valence-electron chi connectivity index (χ2n) is 17.5. The van der Waals surface area contributed by atoms with Gasteiger partial charge < -0.3 is 9.47 Å². The van der Waals surface area contributed by atoms with Crippen LogP contribution in [-0.4, -0.2) is 12.6 Å². The van der Waals surface area contributed by atoms with Crippen molar-refractivity contribution in [2.75, 3.05) is 4.90 Å². The molecule has 0 spiro atoms. The number of anilines is 3. The van der Waals surface area contributed by atoms with Crippen molar-refractivity contribution in [1.29, 1.82) is 0 Å². The van der Waals surface area contributed by atoms with Crippen LogP contribution in [0.2, 0.25) is 19.6 Å². The van der Waals surface area contributed by atoms with E-state index in [2.05, 4.69) is 226 Å². The Morgan fingerprint density at radius 1 is 0.491 bits per heavy atom.